The van der Waals surface area contributed by atoms with E-state index in [9.17, 15) is 22.0 Å². The predicted octanol–water partition coefficient (Wildman–Crippen LogP) is 6.95. The summed E-state index contributed by atoms with van der Waals surface area (Å²) in [5, 5.41) is 5.16. The molecule has 240 valence electrons. The van der Waals surface area contributed by atoms with Crippen molar-refractivity contribution in [2.45, 2.75) is 31.4 Å². The molecule has 0 bridgehead atoms. The highest BCUT2D eigenvalue weighted by atomic mass is 35.5. The van der Waals surface area contributed by atoms with Crippen LogP contribution in [0.2, 0.25) is 5.02 Å². The summed E-state index contributed by atoms with van der Waals surface area (Å²) in [6, 6.07) is 9.01. The number of nitrogens with two attached hydrogens (primary N) is 2. The van der Waals surface area contributed by atoms with Gasteiger partial charge in [0.1, 0.15) is 12.5 Å². The summed E-state index contributed by atoms with van der Waals surface area (Å²) >= 11 is 6.65. The molecule has 0 amide bonds. The van der Waals surface area contributed by atoms with E-state index in [2.05, 4.69) is 23.8 Å². The molecule has 0 aromatic heterocycles. The number of hydrogen-bond donors (Lipinski definition) is 4. The van der Waals surface area contributed by atoms with Gasteiger partial charge in [0.2, 0.25) is 0 Å². The van der Waals surface area contributed by atoms with Crippen LogP contribution in [0.5, 0.6) is 0 Å². The first-order valence-corrected chi connectivity index (χ1v) is 14.3. The van der Waals surface area contributed by atoms with Gasteiger partial charge in [-0.05, 0) is 60.1 Å². The van der Waals surface area contributed by atoms with Crippen molar-refractivity contribution >= 4 is 55.7 Å². The summed E-state index contributed by atoms with van der Waals surface area (Å²) in [5.41, 5.74) is 12.1. The van der Waals surface area contributed by atoms with Crippen LogP contribution in [0.1, 0.15) is 40.8 Å². The first kappa shape index (κ1) is 36.2. The molecule has 14 heteroatoms. The van der Waals surface area contributed by atoms with Crippen LogP contribution in [0.4, 0.5) is 44.7 Å². The molecule has 0 heterocycles. The lowest BCUT2D eigenvalue weighted by Gasteiger charge is -2.41. The van der Waals surface area contributed by atoms with Gasteiger partial charge in [-0.25, -0.2) is 8.78 Å². The van der Waals surface area contributed by atoms with Gasteiger partial charge in [0, 0.05) is 41.6 Å². The number of hydrogen-bond acceptors (Lipinski definition) is 6. The zero-order chi connectivity index (χ0) is 34.6. The highest BCUT2D eigenvalue weighted by molar-refractivity contribution is 6.41. The van der Waals surface area contributed by atoms with Crippen molar-refractivity contribution in [1.82, 2.24) is 5.32 Å². The van der Waals surface area contributed by atoms with Crippen molar-refractivity contribution in [3.63, 3.8) is 0 Å². The third-order valence-electron chi connectivity index (χ3n) is 7.31. The Morgan fingerprint density at radius 2 is 1.80 bits per heavy atom. The Morgan fingerprint density at radius 3 is 2.33 bits per heavy atom. The van der Waals surface area contributed by atoms with Crippen molar-refractivity contribution < 1.29 is 22.0 Å². The van der Waals surface area contributed by atoms with Gasteiger partial charge in [0.05, 0.1) is 50.1 Å². The number of benzene rings is 3. The minimum atomic E-state index is -4.94. The van der Waals surface area contributed by atoms with E-state index in [1.54, 1.807) is 56.1 Å². The van der Waals surface area contributed by atoms with Crippen LogP contribution in [0, 0.1) is 12.7 Å². The number of anilines is 4. The lowest BCUT2D eigenvalue weighted by Crippen LogP contribution is -2.45. The van der Waals surface area contributed by atoms with E-state index >= 15 is 0 Å². The monoisotopic (exact) mass is 654 g/mol. The number of halogens is 6. The standard InChI is InChI=1S/C32H34B2ClF5N6/c1-6-43-29(20-10-8-9-11-23(20)35)27-18(3)30(46(7-2)31(4,33)34)26(45(5)13-12-36)16-24(27)44-25(17-41)21-14-19(37)15-22(28(21)42)32(38,39)40/h6-11,14-17,29,43-44H,1-2,12-13,41-42H2,3-5H3/b25-17+. The van der Waals surface area contributed by atoms with E-state index in [0.29, 0.717) is 39.2 Å². The Kier molecular flexibility index (Phi) is 11.4. The van der Waals surface area contributed by atoms with Crippen LogP contribution in [-0.2, 0) is 6.18 Å². The molecule has 1 atom stereocenters. The molecule has 3 rings (SSSR count). The summed E-state index contributed by atoms with van der Waals surface area (Å²) in [6.07, 6.45) is -1.10. The van der Waals surface area contributed by atoms with Gasteiger partial charge in [-0.1, -0.05) is 49.9 Å². The molecule has 0 saturated carbocycles. The van der Waals surface area contributed by atoms with Crippen LogP contribution in [0.25, 0.3) is 5.70 Å². The number of alkyl halides is 4. The molecule has 0 aliphatic carbocycles. The summed E-state index contributed by atoms with van der Waals surface area (Å²) in [5.74, 6) is -1.18. The molecule has 0 spiro atoms. The van der Waals surface area contributed by atoms with Crippen molar-refractivity contribution in [3.8, 4) is 0 Å². The first-order valence-electron chi connectivity index (χ1n) is 13.9. The summed E-state index contributed by atoms with van der Waals surface area (Å²) in [6.45, 7) is 10.2. The van der Waals surface area contributed by atoms with E-state index in [1.165, 1.54) is 17.3 Å². The van der Waals surface area contributed by atoms with Crippen LogP contribution >= 0.6 is 11.6 Å². The number of nitrogens with one attached hydrogen (secondary N) is 2. The van der Waals surface area contributed by atoms with E-state index in [-0.39, 0.29) is 23.5 Å². The Morgan fingerprint density at radius 1 is 1.15 bits per heavy atom. The van der Waals surface area contributed by atoms with E-state index in [4.69, 9.17) is 38.8 Å². The SMILES string of the molecule is [B]C([B])(C)N(C=C)c1c(N(C)CCF)cc(N/C(=C/N)c2cc(F)cc(C(F)(F)F)c2N)c(C(NC=C)c2ccccc2Cl)c1C. The minimum absolute atomic E-state index is 0.0493. The summed E-state index contributed by atoms with van der Waals surface area (Å²) in [4.78, 5) is 3.12. The molecule has 46 heavy (non-hydrogen) atoms. The Bertz CT molecular complexity index is 1620. The molecular weight excluding hydrogens is 620 g/mol. The molecule has 4 radical (unpaired) electrons. The molecule has 0 fully saturated rings. The Labute approximate surface area is 273 Å². The fourth-order valence-electron chi connectivity index (χ4n) is 5.23. The van der Waals surface area contributed by atoms with Crippen LogP contribution in [-0.4, -0.2) is 41.3 Å². The fraction of sp³-hybridized carbons (Fsp3) is 0.250. The topological polar surface area (TPSA) is 82.6 Å². The molecule has 0 saturated heterocycles. The van der Waals surface area contributed by atoms with Gasteiger partial charge in [0.25, 0.3) is 0 Å². The Balaban J connectivity index is 2.50. The van der Waals surface area contributed by atoms with Crippen molar-refractivity contribution in [3.05, 3.63) is 113 Å². The Hall–Kier alpha value is -4.25. The van der Waals surface area contributed by atoms with Crippen LogP contribution in [0.3, 0.4) is 0 Å². The maximum atomic E-state index is 14.6. The first-order chi connectivity index (χ1) is 21.5. The van der Waals surface area contributed by atoms with Crippen molar-refractivity contribution in [1.29, 1.82) is 0 Å². The third-order valence-corrected chi connectivity index (χ3v) is 7.66. The molecule has 1 unspecified atom stereocenters. The molecule has 3 aromatic carbocycles. The van der Waals surface area contributed by atoms with E-state index in [0.717, 1.165) is 12.3 Å². The normalized spacial score (nSPS) is 12.8. The maximum absolute atomic E-state index is 14.6. The highest BCUT2D eigenvalue weighted by Crippen LogP contribution is 2.46. The molecule has 0 aliphatic rings. The summed E-state index contributed by atoms with van der Waals surface area (Å²) < 4.78 is 69.7. The zero-order valence-electron chi connectivity index (χ0n) is 25.7. The highest BCUT2D eigenvalue weighted by Gasteiger charge is 2.36. The van der Waals surface area contributed by atoms with Gasteiger partial charge in [-0.2, -0.15) is 13.2 Å². The minimum Gasteiger partial charge on any atom is -0.403 e. The van der Waals surface area contributed by atoms with E-state index < -0.39 is 41.3 Å². The summed E-state index contributed by atoms with van der Waals surface area (Å²) in [7, 11) is 14.3. The van der Waals surface area contributed by atoms with Gasteiger partial charge >= 0.3 is 6.18 Å². The quantitative estimate of drug-likeness (QED) is 0.0908. The average molecular weight is 655 g/mol. The average Bonchev–Trinajstić information content (AvgIpc) is 2.96. The van der Waals surface area contributed by atoms with Crippen molar-refractivity contribution in [2.75, 3.05) is 41.1 Å². The molecule has 3 aromatic rings. The molecule has 0 aliphatic heterocycles. The van der Waals surface area contributed by atoms with Gasteiger partial charge in [0.15, 0.2) is 0 Å². The number of nitrogens with zero attached hydrogens (tertiary/aromatic N) is 2. The van der Waals surface area contributed by atoms with Gasteiger partial charge in [-0.15, -0.1) is 0 Å². The van der Waals surface area contributed by atoms with E-state index in [1.807, 2.05) is 0 Å². The molecule has 6 nitrogen and oxygen atoms in total. The number of nitrogen functional groups attached to an aromatic ring is 1. The predicted molar refractivity (Wildman–Crippen MR) is 181 cm³/mol. The second-order valence-electron chi connectivity index (χ2n) is 10.7. The lowest BCUT2D eigenvalue weighted by molar-refractivity contribution is -0.137. The largest absolute Gasteiger partial charge is 0.418 e. The maximum Gasteiger partial charge on any atom is 0.418 e. The third kappa shape index (κ3) is 7.58. The van der Waals surface area contributed by atoms with Crippen LogP contribution < -0.4 is 31.9 Å². The molecule has 6 N–H and O–H groups in total. The van der Waals surface area contributed by atoms with Crippen LogP contribution in [0.15, 0.2) is 74.2 Å². The number of rotatable bonds is 13. The van der Waals surface area contributed by atoms with Gasteiger partial charge < -0.3 is 31.9 Å². The zero-order valence-corrected chi connectivity index (χ0v) is 26.4. The second kappa shape index (κ2) is 14.5. The van der Waals surface area contributed by atoms with Gasteiger partial charge in [-0.3, -0.25) is 0 Å². The smallest absolute Gasteiger partial charge is 0.403 e. The lowest BCUT2D eigenvalue weighted by atomic mass is 9.62. The van der Waals surface area contributed by atoms with Crippen molar-refractivity contribution in [2.24, 2.45) is 5.73 Å². The fourth-order valence-corrected chi connectivity index (χ4v) is 5.47. The second-order valence-corrected chi connectivity index (χ2v) is 11.1. The molecular formula is C32H34B2ClF5N6.